The topological polar surface area (TPSA) is 157 Å². The first kappa shape index (κ1) is 32.8. The van der Waals surface area contributed by atoms with Crippen molar-refractivity contribution in [1.82, 2.24) is 15.3 Å². The van der Waals surface area contributed by atoms with Crippen molar-refractivity contribution in [2.75, 3.05) is 18.5 Å². The third kappa shape index (κ3) is 5.69. The quantitative estimate of drug-likeness (QED) is 0.187. The number of halogens is 4. The summed E-state index contributed by atoms with van der Waals surface area (Å²) in [6, 6.07) is 10.0. The van der Waals surface area contributed by atoms with Crippen LogP contribution in [0.25, 0.3) is 22.2 Å². The molecule has 1 fully saturated rings. The number of anilines is 1. The lowest BCUT2D eigenvalue weighted by Gasteiger charge is -2.32. The molecule has 0 saturated heterocycles. The molecule has 6 rings (SSSR count). The zero-order valence-corrected chi connectivity index (χ0v) is 25.9. The number of ether oxygens (including phenoxy) is 1. The highest BCUT2D eigenvalue weighted by Gasteiger charge is 2.58. The van der Waals surface area contributed by atoms with E-state index < -0.39 is 47.1 Å². The van der Waals surface area contributed by atoms with Gasteiger partial charge in [0.25, 0.3) is 5.91 Å². The maximum Gasteiger partial charge on any atom is 0.424 e. The van der Waals surface area contributed by atoms with Crippen LogP contribution in [-0.4, -0.2) is 52.1 Å². The Hall–Kier alpha value is -5.11. The lowest BCUT2D eigenvalue weighted by Crippen LogP contribution is -2.52. The number of nitrogens with one attached hydrogen (secondary N) is 2. The Bertz CT molecular complexity index is 1960. The fraction of sp³-hybridized carbons (Fsp3) is 0.324. The highest BCUT2D eigenvalue weighted by atomic mass is 19.4. The fourth-order valence-electron chi connectivity index (χ4n) is 5.81. The molecule has 0 bridgehead atoms. The smallest absolute Gasteiger partial charge is 0.424 e. The predicted molar refractivity (Wildman–Crippen MR) is 166 cm³/mol. The van der Waals surface area contributed by atoms with Crippen LogP contribution in [-0.2, 0) is 20.6 Å². The second kappa shape index (κ2) is 11.8. The first-order chi connectivity index (χ1) is 22.7. The van der Waals surface area contributed by atoms with E-state index in [1.165, 1.54) is 24.3 Å². The highest BCUT2D eigenvalue weighted by Crippen LogP contribution is 2.49. The van der Waals surface area contributed by atoms with Crippen molar-refractivity contribution in [3.05, 3.63) is 82.9 Å². The zero-order chi connectivity index (χ0) is 34.6. The molecule has 3 amide bonds. The first-order valence-corrected chi connectivity index (χ1v) is 15.2. The molecule has 2 aromatic heterocycles. The highest BCUT2D eigenvalue weighted by molar-refractivity contribution is 6.06. The van der Waals surface area contributed by atoms with Gasteiger partial charge in [0.2, 0.25) is 17.4 Å². The number of alkyl halides is 3. The summed E-state index contributed by atoms with van der Waals surface area (Å²) in [5.74, 6) is -2.91. The van der Waals surface area contributed by atoms with E-state index in [-0.39, 0.29) is 58.7 Å². The predicted octanol–water partition coefficient (Wildman–Crippen LogP) is 4.80. The third-order valence-electron chi connectivity index (χ3n) is 8.93. The monoisotopic (exact) mass is 665 g/mol. The molecule has 10 nitrogen and oxygen atoms in total. The molecular weight excluding hydrogens is 634 g/mol. The van der Waals surface area contributed by atoms with E-state index in [1.54, 1.807) is 26.1 Å². The molecule has 2 atom stereocenters. The molecule has 3 heterocycles. The Labute approximate surface area is 271 Å². The molecule has 0 unspecified atom stereocenters. The average molecular weight is 666 g/mol. The minimum atomic E-state index is -5.39. The van der Waals surface area contributed by atoms with Gasteiger partial charge in [-0.2, -0.15) is 13.2 Å². The van der Waals surface area contributed by atoms with E-state index in [2.05, 4.69) is 20.6 Å². The second-order valence-electron chi connectivity index (χ2n) is 12.2. The van der Waals surface area contributed by atoms with E-state index >= 15 is 0 Å². The minimum absolute atomic E-state index is 0.0238. The Kier molecular flexibility index (Phi) is 8.10. The van der Waals surface area contributed by atoms with E-state index in [4.69, 9.17) is 10.5 Å². The number of hydrogen-bond acceptors (Lipinski definition) is 7. The number of benzene rings is 2. The molecule has 1 aliphatic heterocycles. The van der Waals surface area contributed by atoms with Crippen LogP contribution < -0.4 is 21.1 Å². The number of carbonyl (C=O) groups is 3. The van der Waals surface area contributed by atoms with Gasteiger partial charge in [0.1, 0.15) is 29.3 Å². The van der Waals surface area contributed by atoms with Crippen molar-refractivity contribution in [2.24, 2.45) is 11.7 Å². The summed E-state index contributed by atoms with van der Waals surface area (Å²) in [6.07, 6.45) is -2.32. The summed E-state index contributed by atoms with van der Waals surface area (Å²) in [7, 11) is 0. The van der Waals surface area contributed by atoms with Gasteiger partial charge in [-0.1, -0.05) is 6.92 Å². The van der Waals surface area contributed by atoms with Gasteiger partial charge in [0.15, 0.2) is 0 Å². The van der Waals surface area contributed by atoms with E-state index in [9.17, 15) is 37.1 Å². The normalized spacial score (nSPS) is 18.5. The van der Waals surface area contributed by atoms with Crippen LogP contribution in [0.1, 0.15) is 53.4 Å². The number of nitrogens with two attached hydrogens (primary N) is 1. The van der Waals surface area contributed by atoms with Crippen molar-refractivity contribution >= 4 is 34.3 Å². The lowest BCUT2D eigenvalue weighted by atomic mass is 9.78. The van der Waals surface area contributed by atoms with Crippen LogP contribution >= 0.6 is 0 Å². The van der Waals surface area contributed by atoms with Gasteiger partial charge in [-0.25, -0.2) is 9.37 Å². The molecule has 1 saturated carbocycles. The molecular formula is C34H31F4N5O5. The molecule has 250 valence electrons. The zero-order valence-electron chi connectivity index (χ0n) is 25.9. The standard InChI is InChI=1S/C34H31F4N5O5/c1-3-32(31(39)46)16-48-28-23(32)13-25(43-27(28)18-6-8-22(35)9-7-18)33(47,34(36,37)38)15-41-29(44)21-11-20-10-17(2)14-40-26(20)24(12-21)42-30(45)19-4-5-19/h6-14,19,47H,3-5,15-16H2,1-2H3,(H2,39,46)(H,41,44)(H,42,45)/t32-,33-/m0/s1. The lowest BCUT2D eigenvalue weighted by molar-refractivity contribution is -0.265. The van der Waals surface area contributed by atoms with Gasteiger partial charge in [-0.05, 0) is 80.3 Å². The maximum absolute atomic E-state index is 14.9. The van der Waals surface area contributed by atoms with Gasteiger partial charge >= 0.3 is 6.18 Å². The number of aromatic nitrogens is 2. The number of fused-ring (bicyclic) bond motifs is 2. The summed E-state index contributed by atoms with van der Waals surface area (Å²) in [5, 5.41) is 16.8. The van der Waals surface area contributed by atoms with Gasteiger partial charge in [0.05, 0.1) is 23.4 Å². The van der Waals surface area contributed by atoms with Gasteiger partial charge in [0, 0.05) is 34.2 Å². The molecule has 2 aromatic carbocycles. The molecule has 1 aliphatic carbocycles. The van der Waals surface area contributed by atoms with Crippen LogP contribution in [0.3, 0.4) is 0 Å². The number of primary amides is 1. The van der Waals surface area contributed by atoms with Crippen molar-refractivity contribution in [2.45, 2.75) is 50.3 Å². The third-order valence-corrected chi connectivity index (χ3v) is 8.93. The van der Waals surface area contributed by atoms with E-state index in [1.807, 2.05) is 0 Å². The summed E-state index contributed by atoms with van der Waals surface area (Å²) >= 11 is 0. The number of carbonyl (C=O) groups excluding carboxylic acids is 3. The van der Waals surface area contributed by atoms with Crippen LogP contribution in [0.15, 0.2) is 54.7 Å². The number of rotatable bonds is 9. The van der Waals surface area contributed by atoms with Crippen LogP contribution in [0.5, 0.6) is 5.75 Å². The average Bonchev–Trinajstić information content (AvgIpc) is 3.83. The fourth-order valence-corrected chi connectivity index (χ4v) is 5.81. The Balaban J connectivity index is 1.41. The number of amides is 3. The number of nitrogens with zero attached hydrogens (tertiary/aromatic N) is 2. The van der Waals surface area contributed by atoms with Crippen LogP contribution in [0, 0.1) is 18.7 Å². The Morgan fingerprint density at radius 3 is 2.44 bits per heavy atom. The van der Waals surface area contributed by atoms with E-state index in [0.717, 1.165) is 36.6 Å². The first-order valence-electron chi connectivity index (χ1n) is 15.2. The van der Waals surface area contributed by atoms with Crippen molar-refractivity contribution in [1.29, 1.82) is 0 Å². The molecule has 0 spiro atoms. The molecule has 14 heteroatoms. The molecule has 0 radical (unpaired) electrons. The molecule has 4 aromatic rings. The molecule has 48 heavy (non-hydrogen) atoms. The SMILES string of the molecule is CC[C@]1(C(N)=O)COc2c1cc([C@@](O)(CNC(=O)c1cc(NC(=O)C3CC3)c3ncc(C)cc3c1)C(F)(F)F)nc2-c1ccc(F)cc1. The van der Waals surface area contributed by atoms with Crippen LogP contribution in [0.2, 0.25) is 0 Å². The number of hydrogen-bond donors (Lipinski definition) is 4. The summed E-state index contributed by atoms with van der Waals surface area (Å²) in [5.41, 5.74) is 0.680. The summed E-state index contributed by atoms with van der Waals surface area (Å²) in [4.78, 5) is 47.2. The number of aryl methyl sites for hydroxylation is 1. The van der Waals surface area contributed by atoms with Crippen molar-refractivity contribution in [3.8, 4) is 17.0 Å². The van der Waals surface area contributed by atoms with Gasteiger partial charge < -0.3 is 26.2 Å². The largest absolute Gasteiger partial charge is 0.489 e. The number of pyridine rings is 2. The second-order valence-corrected chi connectivity index (χ2v) is 12.2. The van der Waals surface area contributed by atoms with Gasteiger partial charge in [-0.15, -0.1) is 0 Å². The molecule has 5 N–H and O–H groups in total. The van der Waals surface area contributed by atoms with Crippen LogP contribution in [0.4, 0.5) is 23.2 Å². The van der Waals surface area contributed by atoms with Gasteiger partial charge in [-0.3, -0.25) is 19.4 Å². The van der Waals surface area contributed by atoms with Crippen molar-refractivity contribution < 1.29 is 41.8 Å². The number of aliphatic hydroxyl groups is 1. The van der Waals surface area contributed by atoms with E-state index in [0.29, 0.717) is 10.9 Å². The minimum Gasteiger partial charge on any atom is -0.489 e. The Morgan fingerprint density at radius 1 is 1.10 bits per heavy atom. The Morgan fingerprint density at radius 2 is 1.81 bits per heavy atom. The summed E-state index contributed by atoms with van der Waals surface area (Å²) < 4.78 is 64.2. The molecule has 2 aliphatic rings. The van der Waals surface area contributed by atoms with Crippen molar-refractivity contribution in [3.63, 3.8) is 0 Å². The summed E-state index contributed by atoms with van der Waals surface area (Å²) in [6.45, 7) is 1.71. The maximum atomic E-state index is 14.9.